The molecule has 3 heterocycles. The number of anilines is 1. The standard InChI is InChI=1S/C25H16Cl2F4N6O2/c1-39-16-4-2-3-13(9-16)18-11-19(25(29,30)31)37-23(32-18)21(27)22(35-37)24(38)33-20-7-8-36(34-20)12-14-5-6-15(28)10-17(14)26/h2-11H,12H2,1H3,(H,33,34,38). The molecule has 8 nitrogen and oxygen atoms in total. The van der Waals surface area contributed by atoms with Crippen LogP contribution in [0.1, 0.15) is 21.7 Å². The molecule has 5 rings (SSSR count). The summed E-state index contributed by atoms with van der Waals surface area (Å²) in [5, 5.41) is 10.3. The van der Waals surface area contributed by atoms with E-state index in [1.807, 2.05) is 0 Å². The number of carbonyl (C=O) groups excluding carboxylic acids is 1. The van der Waals surface area contributed by atoms with Crippen molar-refractivity contribution in [2.75, 3.05) is 12.4 Å². The third-order valence-electron chi connectivity index (χ3n) is 5.63. The number of benzene rings is 2. The Hall–Kier alpha value is -4.16. The van der Waals surface area contributed by atoms with Crippen molar-refractivity contribution in [2.45, 2.75) is 12.7 Å². The molecule has 0 unspecified atom stereocenters. The van der Waals surface area contributed by atoms with Crippen molar-refractivity contribution < 1.29 is 27.1 Å². The van der Waals surface area contributed by atoms with Crippen molar-refractivity contribution in [2.24, 2.45) is 0 Å². The van der Waals surface area contributed by atoms with Crippen molar-refractivity contribution in [1.82, 2.24) is 24.4 Å². The van der Waals surface area contributed by atoms with Crippen molar-refractivity contribution in [3.63, 3.8) is 0 Å². The summed E-state index contributed by atoms with van der Waals surface area (Å²) >= 11 is 12.4. The van der Waals surface area contributed by atoms with Crippen LogP contribution in [0, 0.1) is 5.82 Å². The second-order valence-corrected chi connectivity index (χ2v) is 9.03. The Morgan fingerprint density at radius 2 is 1.87 bits per heavy atom. The zero-order valence-corrected chi connectivity index (χ0v) is 21.3. The van der Waals surface area contributed by atoms with Crippen LogP contribution in [0.3, 0.4) is 0 Å². The van der Waals surface area contributed by atoms with Gasteiger partial charge in [-0.15, -0.1) is 0 Å². The van der Waals surface area contributed by atoms with E-state index in [0.717, 1.165) is 12.1 Å². The fourth-order valence-electron chi connectivity index (χ4n) is 3.79. The number of amides is 1. The third-order valence-corrected chi connectivity index (χ3v) is 6.33. The molecule has 0 radical (unpaired) electrons. The Kier molecular flexibility index (Phi) is 6.91. The second kappa shape index (κ2) is 10.2. The van der Waals surface area contributed by atoms with E-state index in [2.05, 4.69) is 20.5 Å². The minimum atomic E-state index is -4.84. The molecule has 2 aromatic carbocycles. The number of rotatable bonds is 6. The molecule has 200 valence electrons. The van der Waals surface area contributed by atoms with E-state index in [4.69, 9.17) is 27.9 Å². The summed E-state index contributed by atoms with van der Waals surface area (Å²) in [6.45, 7) is 0.177. The first kappa shape index (κ1) is 26.4. The number of nitrogens with zero attached hydrogens (tertiary/aromatic N) is 5. The number of aromatic nitrogens is 5. The van der Waals surface area contributed by atoms with E-state index in [1.54, 1.807) is 18.2 Å². The fourth-order valence-corrected chi connectivity index (χ4v) is 4.26. The smallest absolute Gasteiger partial charge is 0.433 e. The maximum absolute atomic E-state index is 14.0. The molecule has 0 aliphatic heterocycles. The Balaban J connectivity index is 1.47. The quantitative estimate of drug-likeness (QED) is 0.237. The van der Waals surface area contributed by atoms with E-state index >= 15 is 0 Å². The van der Waals surface area contributed by atoms with Gasteiger partial charge in [0.15, 0.2) is 22.9 Å². The van der Waals surface area contributed by atoms with Gasteiger partial charge in [0, 0.05) is 22.8 Å². The summed E-state index contributed by atoms with van der Waals surface area (Å²) in [6, 6.07) is 12.5. The van der Waals surface area contributed by atoms with E-state index in [-0.39, 0.29) is 33.7 Å². The third kappa shape index (κ3) is 5.38. The number of halogens is 6. The van der Waals surface area contributed by atoms with Crippen LogP contribution >= 0.6 is 23.2 Å². The molecule has 5 aromatic rings. The van der Waals surface area contributed by atoms with E-state index in [0.29, 0.717) is 21.4 Å². The fraction of sp³-hybridized carbons (Fsp3) is 0.120. The van der Waals surface area contributed by atoms with Crippen LogP contribution in [0.25, 0.3) is 16.9 Å². The number of hydrogen-bond donors (Lipinski definition) is 1. The minimum Gasteiger partial charge on any atom is -0.497 e. The van der Waals surface area contributed by atoms with Gasteiger partial charge >= 0.3 is 6.18 Å². The topological polar surface area (TPSA) is 86.3 Å². The van der Waals surface area contributed by atoms with Gasteiger partial charge in [0.1, 0.15) is 16.6 Å². The molecule has 0 saturated heterocycles. The Morgan fingerprint density at radius 3 is 2.59 bits per heavy atom. The van der Waals surface area contributed by atoms with E-state index in [1.165, 1.54) is 42.3 Å². The number of nitrogens with one attached hydrogen (secondary N) is 1. The first-order valence-corrected chi connectivity index (χ1v) is 11.9. The molecule has 1 amide bonds. The number of alkyl halides is 3. The molecule has 3 aromatic heterocycles. The Bertz CT molecular complexity index is 1720. The highest BCUT2D eigenvalue weighted by Gasteiger charge is 2.37. The lowest BCUT2D eigenvalue weighted by molar-refractivity contribution is -0.142. The molecule has 0 spiro atoms. The highest BCUT2D eigenvalue weighted by molar-refractivity contribution is 6.37. The first-order valence-electron chi connectivity index (χ1n) is 11.1. The average Bonchev–Trinajstić information content (AvgIpc) is 3.48. The lowest BCUT2D eigenvalue weighted by Crippen LogP contribution is -2.16. The summed E-state index contributed by atoms with van der Waals surface area (Å²) in [4.78, 5) is 17.2. The van der Waals surface area contributed by atoms with Gasteiger partial charge in [-0.25, -0.2) is 13.9 Å². The van der Waals surface area contributed by atoms with Crippen LogP contribution in [-0.2, 0) is 12.7 Å². The van der Waals surface area contributed by atoms with Crippen molar-refractivity contribution in [1.29, 1.82) is 0 Å². The summed E-state index contributed by atoms with van der Waals surface area (Å²) in [5.41, 5.74) is -1.12. The van der Waals surface area contributed by atoms with E-state index in [9.17, 15) is 22.4 Å². The molecule has 39 heavy (non-hydrogen) atoms. The highest BCUT2D eigenvalue weighted by atomic mass is 35.5. The predicted octanol–water partition coefficient (Wildman–Crippen LogP) is 6.37. The first-order chi connectivity index (χ1) is 18.5. The van der Waals surface area contributed by atoms with Gasteiger partial charge in [-0.3, -0.25) is 9.48 Å². The highest BCUT2D eigenvalue weighted by Crippen LogP contribution is 2.35. The number of fused-ring (bicyclic) bond motifs is 1. The second-order valence-electron chi connectivity index (χ2n) is 8.24. The Morgan fingerprint density at radius 1 is 1.08 bits per heavy atom. The van der Waals surface area contributed by atoms with Crippen molar-refractivity contribution in [3.05, 3.63) is 93.6 Å². The molecule has 14 heteroatoms. The van der Waals surface area contributed by atoms with Crippen LogP contribution in [0.2, 0.25) is 10.0 Å². The number of ether oxygens (including phenoxy) is 1. The van der Waals surface area contributed by atoms with Crippen LogP contribution in [0.4, 0.5) is 23.4 Å². The van der Waals surface area contributed by atoms with Gasteiger partial charge in [-0.1, -0.05) is 41.4 Å². The molecule has 0 atom stereocenters. The molecule has 0 bridgehead atoms. The summed E-state index contributed by atoms with van der Waals surface area (Å²) in [7, 11) is 1.43. The number of hydrogen-bond acceptors (Lipinski definition) is 5. The largest absolute Gasteiger partial charge is 0.497 e. The molecule has 0 fully saturated rings. The summed E-state index contributed by atoms with van der Waals surface area (Å²) in [6.07, 6.45) is -3.30. The average molecular weight is 579 g/mol. The van der Waals surface area contributed by atoms with Gasteiger partial charge in [0.05, 0.1) is 19.3 Å². The summed E-state index contributed by atoms with van der Waals surface area (Å²) < 4.78 is 62.3. The lowest BCUT2D eigenvalue weighted by atomic mass is 10.1. The van der Waals surface area contributed by atoms with Crippen LogP contribution < -0.4 is 10.1 Å². The molecular weight excluding hydrogens is 563 g/mol. The predicted molar refractivity (Wildman–Crippen MR) is 136 cm³/mol. The zero-order valence-electron chi connectivity index (χ0n) is 19.8. The van der Waals surface area contributed by atoms with Crippen LogP contribution in [0.5, 0.6) is 5.75 Å². The molecule has 0 aliphatic carbocycles. The molecule has 0 aliphatic rings. The van der Waals surface area contributed by atoms with Gasteiger partial charge < -0.3 is 10.1 Å². The van der Waals surface area contributed by atoms with E-state index < -0.39 is 29.3 Å². The van der Waals surface area contributed by atoms with Gasteiger partial charge in [-0.2, -0.15) is 23.4 Å². The number of carbonyl (C=O) groups is 1. The molecule has 0 saturated carbocycles. The molecular formula is C25H16Cl2F4N6O2. The van der Waals surface area contributed by atoms with Crippen LogP contribution in [-0.4, -0.2) is 37.4 Å². The zero-order chi connectivity index (χ0) is 27.9. The normalized spacial score (nSPS) is 11.7. The maximum atomic E-state index is 14.0. The van der Waals surface area contributed by atoms with Crippen LogP contribution in [0.15, 0.2) is 60.8 Å². The summed E-state index contributed by atoms with van der Waals surface area (Å²) in [5.74, 6) is -0.886. The Labute approximate surface area is 227 Å². The van der Waals surface area contributed by atoms with Gasteiger partial charge in [-0.05, 0) is 35.9 Å². The molecule has 1 N–H and O–H groups in total. The monoisotopic (exact) mass is 578 g/mol. The number of methoxy groups -OCH3 is 1. The van der Waals surface area contributed by atoms with Gasteiger partial charge in [0.25, 0.3) is 5.91 Å². The SMILES string of the molecule is COc1cccc(-c2cc(C(F)(F)F)n3nc(C(=O)Nc4ccn(Cc5ccc(F)cc5Cl)n4)c(Cl)c3n2)c1. The van der Waals surface area contributed by atoms with Crippen molar-refractivity contribution in [3.8, 4) is 17.0 Å². The lowest BCUT2D eigenvalue weighted by Gasteiger charge is -2.11. The minimum absolute atomic E-state index is 0.0410. The van der Waals surface area contributed by atoms with Crippen molar-refractivity contribution >= 4 is 40.6 Å². The van der Waals surface area contributed by atoms with Gasteiger partial charge in [0.2, 0.25) is 0 Å². The maximum Gasteiger partial charge on any atom is 0.433 e.